The van der Waals surface area contributed by atoms with Crippen molar-refractivity contribution in [1.29, 1.82) is 10.5 Å². The predicted octanol–water partition coefficient (Wildman–Crippen LogP) is 2.80. The summed E-state index contributed by atoms with van der Waals surface area (Å²) in [6.07, 6.45) is 1.60. The van der Waals surface area contributed by atoms with Gasteiger partial charge in [0.05, 0.1) is 41.8 Å². The zero-order valence-electron chi connectivity index (χ0n) is 16.8. The van der Waals surface area contributed by atoms with Crippen LogP contribution in [0.25, 0.3) is 11.3 Å². The van der Waals surface area contributed by atoms with Gasteiger partial charge in [0.25, 0.3) is 0 Å². The van der Waals surface area contributed by atoms with Crippen LogP contribution in [0.5, 0.6) is 0 Å². The molecule has 0 fully saturated rings. The fourth-order valence-electron chi connectivity index (χ4n) is 3.66. The number of fused-ring (bicyclic) bond motifs is 1. The van der Waals surface area contributed by atoms with Gasteiger partial charge in [0.1, 0.15) is 6.07 Å². The first-order chi connectivity index (χ1) is 15.0. The maximum atomic E-state index is 9.90. The van der Waals surface area contributed by atoms with Crippen LogP contribution in [-0.4, -0.2) is 33.3 Å². The molecular formula is C23H20N6O2. The zero-order valence-corrected chi connectivity index (χ0v) is 16.8. The minimum Gasteiger partial charge on any atom is -0.395 e. The second-order valence-corrected chi connectivity index (χ2v) is 7.66. The lowest BCUT2D eigenvalue weighted by Gasteiger charge is -2.21. The maximum Gasteiger partial charge on any atom is 0.227 e. The summed E-state index contributed by atoms with van der Waals surface area (Å²) in [6.45, 7) is 2.25. The van der Waals surface area contributed by atoms with E-state index in [4.69, 9.17) is 5.26 Å². The summed E-state index contributed by atoms with van der Waals surface area (Å²) in [5.41, 5.74) is 4.56. The van der Waals surface area contributed by atoms with Gasteiger partial charge in [-0.3, -0.25) is 0 Å². The molecule has 8 nitrogen and oxygen atoms in total. The van der Waals surface area contributed by atoms with Gasteiger partial charge in [0, 0.05) is 35.0 Å². The fraction of sp³-hybridized carbons (Fsp3) is 0.217. The Morgan fingerprint density at radius 2 is 2.00 bits per heavy atom. The number of hydrogen-bond acceptors (Lipinski definition) is 8. The van der Waals surface area contributed by atoms with Crippen molar-refractivity contribution in [2.45, 2.75) is 18.9 Å². The van der Waals surface area contributed by atoms with E-state index in [0.717, 1.165) is 16.8 Å². The quantitative estimate of drug-likeness (QED) is 0.502. The summed E-state index contributed by atoms with van der Waals surface area (Å²) in [5, 5.41) is 44.6. The Hall–Kier alpha value is -3.98. The Morgan fingerprint density at radius 1 is 1.16 bits per heavy atom. The lowest BCUT2D eigenvalue weighted by molar-refractivity contribution is 0.219. The number of aliphatic hydroxyl groups is 2. The number of rotatable bonds is 5. The molecule has 0 saturated carbocycles. The summed E-state index contributed by atoms with van der Waals surface area (Å²) < 4.78 is 0. The second-order valence-electron chi connectivity index (χ2n) is 7.66. The van der Waals surface area contributed by atoms with Crippen LogP contribution in [0.1, 0.15) is 29.2 Å². The highest BCUT2D eigenvalue weighted by molar-refractivity contribution is 5.76. The number of nitrogens with zero attached hydrogens (tertiary/aromatic N) is 4. The van der Waals surface area contributed by atoms with Gasteiger partial charge in [-0.2, -0.15) is 10.5 Å². The summed E-state index contributed by atoms with van der Waals surface area (Å²) in [5.74, 6) is 0.296. The highest BCUT2D eigenvalue weighted by Gasteiger charge is 2.35. The smallest absolute Gasteiger partial charge is 0.227 e. The van der Waals surface area contributed by atoms with Crippen LogP contribution in [0.4, 0.5) is 17.3 Å². The van der Waals surface area contributed by atoms with Crippen LogP contribution in [0.15, 0.2) is 42.6 Å². The van der Waals surface area contributed by atoms with Crippen LogP contribution in [-0.2, 0) is 12.0 Å². The van der Waals surface area contributed by atoms with E-state index in [1.54, 1.807) is 36.5 Å². The van der Waals surface area contributed by atoms with Crippen molar-refractivity contribution in [2.75, 3.05) is 23.8 Å². The molecule has 0 spiro atoms. The molecule has 0 radical (unpaired) electrons. The van der Waals surface area contributed by atoms with Gasteiger partial charge >= 0.3 is 0 Å². The number of anilines is 3. The van der Waals surface area contributed by atoms with Crippen molar-refractivity contribution in [3.63, 3.8) is 0 Å². The topological polar surface area (TPSA) is 138 Å². The lowest BCUT2D eigenvalue weighted by Crippen LogP contribution is -2.28. The number of hydrogen-bond donors (Lipinski definition) is 4. The molecule has 8 heteroatoms. The lowest BCUT2D eigenvalue weighted by atomic mass is 9.83. The van der Waals surface area contributed by atoms with Crippen LogP contribution >= 0.6 is 0 Å². The van der Waals surface area contributed by atoms with E-state index < -0.39 is 5.41 Å². The molecule has 0 aliphatic carbocycles. The third-order valence-corrected chi connectivity index (χ3v) is 5.52. The first kappa shape index (κ1) is 20.3. The van der Waals surface area contributed by atoms with E-state index in [0.29, 0.717) is 40.6 Å². The van der Waals surface area contributed by atoms with Gasteiger partial charge in [-0.25, -0.2) is 9.97 Å². The third-order valence-electron chi connectivity index (χ3n) is 5.52. The van der Waals surface area contributed by atoms with E-state index in [1.165, 1.54) is 0 Å². The van der Waals surface area contributed by atoms with E-state index in [9.17, 15) is 15.5 Å². The van der Waals surface area contributed by atoms with E-state index >= 15 is 0 Å². The zero-order chi connectivity index (χ0) is 22.0. The molecule has 0 saturated heterocycles. The van der Waals surface area contributed by atoms with Crippen molar-refractivity contribution < 1.29 is 10.2 Å². The number of benzene rings is 2. The predicted molar refractivity (Wildman–Crippen MR) is 115 cm³/mol. The van der Waals surface area contributed by atoms with Gasteiger partial charge in [-0.15, -0.1) is 0 Å². The van der Waals surface area contributed by atoms with E-state index in [-0.39, 0.29) is 13.2 Å². The van der Waals surface area contributed by atoms with Gasteiger partial charge in [-0.05, 0) is 35.9 Å². The molecule has 0 amide bonds. The fourth-order valence-corrected chi connectivity index (χ4v) is 3.66. The summed E-state index contributed by atoms with van der Waals surface area (Å²) in [6, 6.07) is 14.7. The Kier molecular flexibility index (Phi) is 5.26. The highest BCUT2D eigenvalue weighted by atomic mass is 16.3. The SMILES string of the molecule is C[C@]1(CO)CNc2c(C#N)cc(-c3ccnc(Nc4cc(C#N)ccc4CO)n3)cc21. The van der Waals surface area contributed by atoms with Crippen LogP contribution in [0.2, 0.25) is 0 Å². The van der Waals surface area contributed by atoms with Crippen molar-refractivity contribution >= 4 is 17.3 Å². The average Bonchev–Trinajstić information content (AvgIpc) is 3.15. The second kappa shape index (κ2) is 8.04. The molecular weight excluding hydrogens is 392 g/mol. The Labute approximate surface area is 179 Å². The number of nitrogens with one attached hydrogen (secondary N) is 2. The maximum absolute atomic E-state index is 9.90. The normalized spacial score (nSPS) is 16.7. The number of aromatic nitrogens is 2. The molecule has 2 aromatic carbocycles. The molecule has 3 aromatic rings. The van der Waals surface area contributed by atoms with Crippen LogP contribution in [0.3, 0.4) is 0 Å². The summed E-state index contributed by atoms with van der Waals surface area (Å²) in [4.78, 5) is 8.81. The summed E-state index contributed by atoms with van der Waals surface area (Å²) in [7, 11) is 0. The van der Waals surface area contributed by atoms with Gasteiger partial charge in [0.2, 0.25) is 5.95 Å². The molecule has 1 aliphatic heterocycles. The number of aliphatic hydroxyl groups excluding tert-OH is 2. The van der Waals surface area contributed by atoms with Crippen LogP contribution < -0.4 is 10.6 Å². The van der Waals surface area contributed by atoms with Crippen molar-refractivity contribution in [3.8, 4) is 23.4 Å². The molecule has 154 valence electrons. The van der Waals surface area contributed by atoms with E-state index in [1.807, 2.05) is 13.0 Å². The molecule has 0 unspecified atom stereocenters. The molecule has 0 bridgehead atoms. The van der Waals surface area contributed by atoms with Gasteiger partial charge in [-0.1, -0.05) is 13.0 Å². The van der Waals surface area contributed by atoms with Crippen molar-refractivity contribution in [1.82, 2.24) is 9.97 Å². The standard InChI is InChI=1S/C23H20N6O2/c1-23(13-31)12-27-21-17(10-25)7-16(8-18(21)23)19-4-5-26-22(28-19)29-20-6-14(9-24)2-3-15(20)11-30/h2-8,27,30-31H,11-13H2,1H3,(H,26,28,29)/t23-/m1/s1. The molecule has 1 atom stereocenters. The first-order valence-electron chi connectivity index (χ1n) is 9.69. The molecule has 1 aliphatic rings. The van der Waals surface area contributed by atoms with E-state index in [2.05, 4.69) is 32.7 Å². The van der Waals surface area contributed by atoms with Crippen molar-refractivity contribution in [2.24, 2.45) is 0 Å². The van der Waals surface area contributed by atoms with Crippen LogP contribution in [0, 0.1) is 22.7 Å². The van der Waals surface area contributed by atoms with Gasteiger partial charge in [0.15, 0.2) is 0 Å². The highest BCUT2D eigenvalue weighted by Crippen LogP contribution is 2.41. The average molecular weight is 412 g/mol. The Morgan fingerprint density at radius 3 is 2.71 bits per heavy atom. The minimum atomic E-state index is -0.487. The molecule has 1 aromatic heterocycles. The Bertz CT molecular complexity index is 1240. The molecule has 4 rings (SSSR count). The molecule has 31 heavy (non-hydrogen) atoms. The monoisotopic (exact) mass is 412 g/mol. The summed E-state index contributed by atoms with van der Waals surface area (Å²) >= 11 is 0. The minimum absolute atomic E-state index is 0.0446. The third kappa shape index (κ3) is 3.66. The number of nitriles is 2. The van der Waals surface area contributed by atoms with Gasteiger partial charge < -0.3 is 20.8 Å². The largest absolute Gasteiger partial charge is 0.395 e. The first-order valence-corrected chi connectivity index (χ1v) is 9.69. The molecule has 2 heterocycles. The molecule has 4 N–H and O–H groups in total. The Balaban J connectivity index is 1.75. The van der Waals surface area contributed by atoms with Crippen molar-refractivity contribution in [3.05, 3.63) is 64.8 Å².